The molecular formula is C14H30IN3O. The number of rotatable bonds is 4. The van der Waals surface area contributed by atoms with Crippen LogP contribution in [-0.2, 0) is 0 Å². The zero-order valence-electron chi connectivity index (χ0n) is 12.7. The molecule has 3 N–H and O–H groups in total. The van der Waals surface area contributed by atoms with Crippen molar-refractivity contribution in [2.24, 2.45) is 10.4 Å². The van der Waals surface area contributed by atoms with E-state index in [0.717, 1.165) is 31.8 Å². The van der Waals surface area contributed by atoms with Crippen molar-refractivity contribution in [2.75, 3.05) is 13.1 Å². The van der Waals surface area contributed by atoms with Gasteiger partial charge in [-0.05, 0) is 33.6 Å². The standard InChI is InChI=1S/C14H29N3O.HI/c1-5-15-13(17-11(2)3)16-10-14(4)9-7-6-8-12(14)18;/h11-12,18H,5-10H2,1-4H3,(H2,15,16,17);1H. The molecule has 0 spiro atoms. The molecule has 1 saturated carbocycles. The summed E-state index contributed by atoms with van der Waals surface area (Å²) in [5.74, 6) is 0.853. The Bertz CT molecular complexity index is 284. The summed E-state index contributed by atoms with van der Waals surface area (Å²) in [5.41, 5.74) is -0.0580. The summed E-state index contributed by atoms with van der Waals surface area (Å²) in [5, 5.41) is 16.7. The summed E-state index contributed by atoms with van der Waals surface area (Å²) >= 11 is 0. The maximum absolute atomic E-state index is 10.1. The second-order valence-corrected chi connectivity index (χ2v) is 5.91. The Labute approximate surface area is 134 Å². The Morgan fingerprint density at radius 3 is 2.63 bits per heavy atom. The summed E-state index contributed by atoms with van der Waals surface area (Å²) in [4.78, 5) is 4.63. The molecule has 1 aliphatic carbocycles. The van der Waals surface area contributed by atoms with Gasteiger partial charge in [0.05, 0.1) is 12.6 Å². The third-order valence-corrected chi connectivity index (χ3v) is 3.65. The van der Waals surface area contributed by atoms with E-state index in [1.807, 2.05) is 0 Å². The molecule has 0 heterocycles. The highest BCUT2D eigenvalue weighted by Gasteiger charge is 2.35. The van der Waals surface area contributed by atoms with E-state index in [9.17, 15) is 5.11 Å². The molecule has 0 aromatic heterocycles. The predicted molar refractivity (Wildman–Crippen MR) is 92.2 cm³/mol. The monoisotopic (exact) mass is 383 g/mol. The van der Waals surface area contributed by atoms with Gasteiger partial charge in [0.25, 0.3) is 0 Å². The van der Waals surface area contributed by atoms with E-state index >= 15 is 0 Å². The maximum Gasteiger partial charge on any atom is 0.191 e. The van der Waals surface area contributed by atoms with E-state index in [0.29, 0.717) is 12.6 Å². The number of halogens is 1. The Morgan fingerprint density at radius 2 is 2.11 bits per heavy atom. The molecule has 0 radical (unpaired) electrons. The molecule has 114 valence electrons. The molecule has 0 aliphatic heterocycles. The Balaban J connectivity index is 0.00000324. The van der Waals surface area contributed by atoms with E-state index in [-0.39, 0.29) is 35.5 Å². The fraction of sp³-hybridized carbons (Fsp3) is 0.929. The summed E-state index contributed by atoms with van der Waals surface area (Å²) in [7, 11) is 0. The molecule has 2 atom stereocenters. The number of nitrogens with zero attached hydrogens (tertiary/aromatic N) is 1. The lowest BCUT2D eigenvalue weighted by molar-refractivity contribution is 0.00716. The lowest BCUT2D eigenvalue weighted by atomic mass is 9.73. The van der Waals surface area contributed by atoms with Crippen molar-refractivity contribution in [3.05, 3.63) is 0 Å². The highest BCUT2D eigenvalue weighted by molar-refractivity contribution is 14.0. The van der Waals surface area contributed by atoms with Crippen LogP contribution in [0.1, 0.15) is 53.4 Å². The van der Waals surface area contributed by atoms with Gasteiger partial charge in [-0.25, -0.2) is 0 Å². The van der Waals surface area contributed by atoms with Crippen LogP contribution < -0.4 is 10.6 Å². The van der Waals surface area contributed by atoms with Crippen LogP contribution >= 0.6 is 24.0 Å². The topological polar surface area (TPSA) is 56.7 Å². The number of guanidine groups is 1. The van der Waals surface area contributed by atoms with Crippen molar-refractivity contribution >= 4 is 29.9 Å². The van der Waals surface area contributed by atoms with Gasteiger partial charge in [0.15, 0.2) is 5.96 Å². The third-order valence-electron chi connectivity index (χ3n) is 3.65. The predicted octanol–water partition coefficient (Wildman–Crippen LogP) is 2.51. The summed E-state index contributed by atoms with van der Waals surface area (Å²) in [6.45, 7) is 9.97. The molecule has 0 aromatic carbocycles. The van der Waals surface area contributed by atoms with Crippen LogP contribution in [0.2, 0.25) is 0 Å². The van der Waals surface area contributed by atoms with Gasteiger partial charge in [-0.2, -0.15) is 0 Å². The fourth-order valence-corrected chi connectivity index (χ4v) is 2.42. The van der Waals surface area contributed by atoms with Crippen LogP contribution in [0, 0.1) is 5.41 Å². The van der Waals surface area contributed by atoms with Crippen LogP contribution in [0.3, 0.4) is 0 Å². The number of aliphatic hydroxyl groups excluding tert-OH is 1. The highest BCUT2D eigenvalue weighted by atomic mass is 127. The Hall–Kier alpha value is -0.0400. The average Bonchev–Trinajstić information content (AvgIpc) is 2.30. The van der Waals surface area contributed by atoms with Gasteiger partial charge < -0.3 is 15.7 Å². The fourth-order valence-electron chi connectivity index (χ4n) is 2.42. The van der Waals surface area contributed by atoms with Gasteiger partial charge in [0.1, 0.15) is 0 Å². The molecule has 0 amide bonds. The first-order valence-corrected chi connectivity index (χ1v) is 7.21. The van der Waals surface area contributed by atoms with Crippen LogP contribution in [0.4, 0.5) is 0 Å². The quantitative estimate of drug-likeness (QED) is 0.397. The summed E-state index contributed by atoms with van der Waals surface area (Å²) in [6.07, 6.45) is 4.12. The van der Waals surface area contributed by atoms with Gasteiger partial charge in [-0.3, -0.25) is 4.99 Å². The van der Waals surface area contributed by atoms with Gasteiger partial charge in [0, 0.05) is 18.0 Å². The van der Waals surface area contributed by atoms with Crippen LogP contribution in [-0.4, -0.2) is 36.3 Å². The van der Waals surface area contributed by atoms with Crippen molar-refractivity contribution in [3.63, 3.8) is 0 Å². The molecule has 0 aromatic rings. The minimum atomic E-state index is -0.211. The lowest BCUT2D eigenvalue weighted by Gasteiger charge is -2.37. The van der Waals surface area contributed by atoms with Crippen molar-refractivity contribution in [2.45, 2.75) is 65.5 Å². The number of aliphatic imine (C=N–C) groups is 1. The van der Waals surface area contributed by atoms with E-state index in [1.54, 1.807) is 0 Å². The van der Waals surface area contributed by atoms with E-state index in [4.69, 9.17) is 0 Å². The molecule has 1 aliphatic rings. The van der Waals surface area contributed by atoms with Crippen LogP contribution in [0.5, 0.6) is 0 Å². The Kier molecular flexibility index (Phi) is 8.98. The lowest BCUT2D eigenvalue weighted by Crippen LogP contribution is -2.43. The molecule has 4 nitrogen and oxygen atoms in total. The van der Waals surface area contributed by atoms with Crippen molar-refractivity contribution < 1.29 is 5.11 Å². The van der Waals surface area contributed by atoms with Gasteiger partial charge >= 0.3 is 0 Å². The molecule has 5 heteroatoms. The third kappa shape index (κ3) is 6.29. The molecule has 0 saturated heterocycles. The molecule has 1 rings (SSSR count). The highest BCUT2D eigenvalue weighted by Crippen LogP contribution is 2.36. The van der Waals surface area contributed by atoms with E-state index in [2.05, 4.69) is 43.3 Å². The second-order valence-electron chi connectivity index (χ2n) is 5.91. The minimum absolute atomic E-state index is 0. The van der Waals surface area contributed by atoms with Gasteiger partial charge in [0.2, 0.25) is 0 Å². The second kappa shape index (κ2) is 9.00. The normalized spacial score (nSPS) is 27.9. The zero-order valence-corrected chi connectivity index (χ0v) is 15.0. The largest absolute Gasteiger partial charge is 0.392 e. The first-order chi connectivity index (χ1) is 8.48. The SMILES string of the molecule is CCNC(=NCC1(C)CCCCC1O)NC(C)C.I. The number of hydrogen-bond acceptors (Lipinski definition) is 2. The molecule has 0 bridgehead atoms. The van der Waals surface area contributed by atoms with Crippen molar-refractivity contribution in [1.29, 1.82) is 0 Å². The molecule has 19 heavy (non-hydrogen) atoms. The molecule has 1 fully saturated rings. The van der Waals surface area contributed by atoms with Gasteiger partial charge in [-0.15, -0.1) is 24.0 Å². The first-order valence-electron chi connectivity index (χ1n) is 7.21. The van der Waals surface area contributed by atoms with E-state index in [1.165, 1.54) is 6.42 Å². The average molecular weight is 383 g/mol. The van der Waals surface area contributed by atoms with Gasteiger partial charge in [-0.1, -0.05) is 19.8 Å². The number of nitrogens with one attached hydrogen (secondary N) is 2. The molecule has 2 unspecified atom stereocenters. The van der Waals surface area contributed by atoms with E-state index < -0.39 is 0 Å². The smallest absolute Gasteiger partial charge is 0.191 e. The Morgan fingerprint density at radius 1 is 1.42 bits per heavy atom. The first kappa shape index (κ1) is 19.0. The summed E-state index contributed by atoms with van der Waals surface area (Å²) in [6, 6.07) is 0.367. The summed E-state index contributed by atoms with van der Waals surface area (Å²) < 4.78 is 0. The maximum atomic E-state index is 10.1. The van der Waals surface area contributed by atoms with Crippen molar-refractivity contribution in [3.8, 4) is 0 Å². The number of aliphatic hydroxyl groups is 1. The molecular weight excluding hydrogens is 353 g/mol. The minimum Gasteiger partial charge on any atom is -0.392 e. The zero-order chi connectivity index (χ0) is 13.6. The van der Waals surface area contributed by atoms with Crippen LogP contribution in [0.15, 0.2) is 4.99 Å². The van der Waals surface area contributed by atoms with Crippen LogP contribution in [0.25, 0.3) is 0 Å². The number of hydrogen-bond donors (Lipinski definition) is 3. The van der Waals surface area contributed by atoms with Crippen molar-refractivity contribution in [1.82, 2.24) is 10.6 Å².